The number of aromatic nitrogens is 2. The lowest BCUT2D eigenvalue weighted by Gasteiger charge is -2.29. The molecule has 0 radical (unpaired) electrons. The first kappa shape index (κ1) is 10.9. The molecular formula is C14H22N4. The van der Waals surface area contributed by atoms with Gasteiger partial charge in [-0.2, -0.15) is 0 Å². The fourth-order valence-electron chi connectivity index (χ4n) is 3.87. The third kappa shape index (κ3) is 1.66. The quantitative estimate of drug-likeness (QED) is 0.865. The average Bonchev–Trinajstić information content (AvgIpc) is 2.92. The Hall–Kier alpha value is -1.03. The van der Waals surface area contributed by atoms with E-state index >= 15 is 0 Å². The van der Waals surface area contributed by atoms with Crippen molar-refractivity contribution in [2.75, 3.05) is 18.0 Å². The number of hydrogen-bond acceptors (Lipinski definition) is 3. The molecule has 2 saturated carbocycles. The zero-order valence-corrected chi connectivity index (χ0v) is 10.8. The lowest BCUT2D eigenvalue weighted by molar-refractivity contribution is 0.260. The molecule has 4 nitrogen and oxygen atoms in total. The van der Waals surface area contributed by atoms with E-state index in [1.807, 2.05) is 6.20 Å². The number of nitrogens with zero attached hydrogens (tertiary/aromatic N) is 3. The first-order valence-electron chi connectivity index (χ1n) is 7.36. The second kappa shape index (κ2) is 3.98. The molecule has 1 aromatic heterocycles. The van der Waals surface area contributed by atoms with Crippen molar-refractivity contribution in [3.63, 3.8) is 0 Å². The maximum absolute atomic E-state index is 6.29. The van der Waals surface area contributed by atoms with Gasteiger partial charge in [0.25, 0.3) is 0 Å². The highest BCUT2D eigenvalue weighted by Crippen LogP contribution is 2.41. The van der Waals surface area contributed by atoms with Crippen LogP contribution in [-0.2, 0) is 0 Å². The summed E-state index contributed by atoms with van der Waals surface area (Å²) in [6, 6.07) is 1.14. The molecule has 0 bridgehead atoms. The molecule has 3 aliphatic rings. The molecule has 3 fully saturated rings. The molecule has 4 heteroatoms. The Morgan fingerprint density at radius 1 is 1.17 bits per heavy atom. The summed E-state index contributed by atoms with van der Waals surface area (Å²) in [5.41, 5.74) is 6.29. The summed E-state index contributed by atoms with van der Waals surface area (Å²) >= 11 is 0. The molecule has 98 valence electrons. The summed E-state index contributed by atoms with van der Waals surface area (Å²) in [5.74, 6) is 2.69. The summed E-state index contributed by atoms with van der Waals surface area (Å²) in [5, 5.41) is 0. The van der Waals surface area contributed by atoms with Gasteiger partial charge in [0.05, 0.1) is 0 Å². The van der Waals surface area contributed by atoms with Crippen LogP contribution in [0.4, 0.5) is 5.95 Å². The molecule has 0 spiro atoms. The third-order valence-electron chi connectivity index (χ3n) is 5.03. The zero-order valence-electron chi connectivity index (χ0n) is 10.8. The lowest BCUT2D eigenvalue weighted by atomic mass is 9.78. The molecule has 18 heavy (non-hydrogen) atoms. The van der Waals surface area contributed by atoms with Gasteiger partial charge in [-0.1, -0.05) is 6.42 Å². The average molecular weight is 246 g/mol. The highest BCUT2D eigenvalue weighted by atomic mass is 15.3. The second-order valence-corrected chi connectivity index (χ2v) is 6.29. The first-order valence-corrected chi connectivity index (χ1v) is 7.36. The monoisotopic (exact) mass is 246 g/mol. The van der Waals surface area contributed by atoms with E-state index < -0.39 is 0 Å². The minimum Gasteiger partial charge on any atom is -0.342 e. The largest absolute Gasteiger partial charge is 0.342 e. The van der Waals surface area contributed by atoms with Gasteiger partial charge in [0.1, 0.15) is 0 Å². The Kier molecular flexibility index (Phi) is 2.40. The normalized spacial score (nSPS) is 35.8. The lowest BCUT2D eigenvalue weighted by Crippen LogP contribution is -2.38. The highest BCUT2D eigenvalue weighted by Gasteiger charge is 2.40. The smallest absolute Gasteiger partial charge is 0.205 e. The van der Waals surface area contributed by atoms with Crippen molar-refractivity contribution < 1.29 is 0 Å². The Morgan fingerprint density at radius 2 is 2.06 bits per heavy atom. The number of imidazole rings is 1. The summed E-state index contributed by atoms with van der Waals surface area (Å²) in [4.78, 5) is 7.08. The third-order valence-corrected chi connectivity index (χ3v) is 5.03. The van der Waals surface area contributed by atoms with Crippen LogP contribution >= 0.6 is 0 Å². The molecule has 2 N–H and O–H groups in total. The van der Waals surface area contributed by atoms with Gasteiger partial charge in [-0.3, -0.25) is 0 Å². The van der Waals surface area contributed by atoms with Crippen molar-refractivity contribution >= 4 is 5.95 Å². The van der Waals surface area contributed by atoms with Crippen LogP contribution in [0.25, 0.3) is 0 Å². The van der Waals surface area contributed by atoms with Gasteiger partial charge in [-0.25, -0.2) is 4.98 Å². The van der Waals surface area contributed by atoms with Gasteiger partial charge in [0.2, 0.25) is 5.95 Å². The minimum atomic E-state index is 0.415. The van der Waals surface area contributed by atoms with E-state index in [1.165, 1.54) is 44.6 Å². The van der Waals surface area contributed by atoms with Crippen LogP contribution in [0.3, 0.4) is 0 Å². The van der Waals surface area contributed by atoms with Crippen LogP contribution in [0.15, 0.2) is 12.4 Å². The molecule has 4 rings (SSSR count). The maximum atomic E-state index is 6.29. The van der Waals surface area contributed by atoms with E-state index in [2.05, 4.69) is 20.6 Å². The van der Waals surface area contributed by atoms with Crippen molar-refractivity contribution in [1.82, 2.24) is 9.55 Å². The van der Waals surface area contributed by atoms with E-state index in [1.54, 1.807) is 0 Å². The Bertz CT molecular complexity index is 437. The molecule has 0 amide bonds. The summed E-state index contributed by atoms with van der Waals surface area (Å²) in [6.07, 6.45) is 10.6. The van der Waals surface area contributed by atoms with E-state index in [-0.39, 0.29) is 0 Å². The number of anilines is 1. The van der Waals surface area contributed by atoms with Crippen molar-refractivity contribution in [2.45, 2.75) is 44.2 Å². The molecule has 1 saturated heterocycles. The van der Waals surface area contributed by atoms with E-state index in [9.17, 15) is 0 Å². The van der Waals surface area contributed by atoms with Crippen molar-refractivity contribution in [1.29, 1.82) is 0 Å². The van der Waals surface area contributed by atoms with Gasteiger partial charge >= 0.3 is 0 Å². The predicted molar refractivity (Wildman–Crippen MR) is 71.5 cm³/mol. The Labute approximate surface area is 108 Å². The van der Waals surface area contributed by atoms with E-state index in [0.29, 0.717) is 12.0 Å². The molecule has 0 aromatic carbocycles. The summed E-state index contributed by atoms with van der Waals surface area (Å²) in [6.45, 7) is 2.29. The molecule has 2 aliphatic carbocycles. The van der Waals surface area contributed by atoms with E-state index in [0.717, 1.165) is 18.5 Å². The van der Waals surface area contributed by atoms with E-state index in [4.69, 9.17) is 5.73 Å². The fraction of sp³-hybridized carbons (Fsp3) is 0.786. The molecule has 2 heterocycles. The molecular weight excluding hydrogens is 224 g/mol. The van der Waals surface area contributed by atoms with Crippen molar-refractivity contribution in [3.05, 3.63) is 12.4 Å². The number of fused-ring (bicyclic) bond motifs is 1. The summed E-state index contributed by atoms with van der Waals surface area (Å²) in [7, 11) is 0. The minimum absolute atomic E-state index is 0.415. The zero-order chi connectivity index (χ0) is 12.1. The molecule has 3 atom stereocenters. The van der Waals surface area contributed by atoms with Crippen molar-refractivity contribution in [3.8, 4) is 0 Å². The molecule has 1 aliphatic heterocycles. The first-order chi connectivity index (χ1) is 8.83. The Balaban J connectivity index is 1.57. The van der Waals surface area contributed by atoms with Gasteiger partial charge in [0.15, 0.2) is 0 Å². The standard InChI is InChI=1S/C14H22N4/c15-13-3-1-2-10-8-17(9-12(10)13)14-16-6-7-18(14)11-4-5-11/h6-7,10-13H,1-5,8-9,15H2. The second-order valence-electron chi connectivity index (χ2n) is 6.29. The van der Waals surface area contributed by atoms with Crippen LogP contribution < -0.4 is 10.6 Å². The summed E-state index contributed by atoms with van der Waals surface area (Å²) < 4.78 is 2.38. The topological polar surface area (TPSA) is 47.1 Å². The van der Waals surface area contributed by atoms with Crippen LogP contribution in [0, 0.1) is 11.8 Å². The van der Waals surface area contributed by atoms with Gasteiger partial charge in [-0.05, 0) is 37.5 Å². The van der Waals surface area contributed by atoms with Crippen molar-refractivity contribution in [2.24, 2.45) is 17.6 Å². The SMILES string of the molecule is NC1CCCC2CN(c3nccn3C3CC3)CC12. The van der Waals surface area contributed by atoms with Gasteiger partial charge in [-0.15, -0.1) is 0 Å². The number of rotatable bonds is 2. The van der Waals surface area contributed by atoms with Gasteiger partial charge in [0, 0.05) is 37.6 Å². The fourth-order valence-corrected chi connectivity index (χ4v) is 3.87. The Morgan fingerprint density at radius 3 is 2.83 bits per heavy atom. The molecule has 3 unspecified atom stereocenters. The molecule has 1 aromatic rings. The maximum Gasteiger partial charge on any atom is 0.205 e. The number of hydrogen-bond donors (Lipinski definition) is 1. The van der Waals surface area contributed by atoms with Crippen LogP contribution in [0.1, 0.15) is 38.1 Å². The van der Waals surface area contributed by atoms with Crippen LogP contribution in [0.2, 0.25) is 0 Å². The number of nitrogens with two attached hydrogens (primary N) is 1. The predicted octanol–water partition coefficient (Wildman–Crippen LogP) is 1.78. The van der Waals surface area contributed by atoms with Crippen LogP contribution in [0.5, 0.6) is 0 Å². The highest BCUT2D eigenvalue weighted by molar-refractivity contribution is 5.35. The van der Waals surface area contributed by atoms with Gasteiger partial charge < -0.3 is 15.2 Å². The van der Waals surface area contributed by atoms with Crippen LogP contribution in [-0.4, -0.2) is 28.7 Å².